The van der Waals surface area contributed by atoms with Gasteiger partial charge in [0.15, 0.2) is 11.6 Å². The number of fused-ring (bicyclic) bond motifs is 9. The van der Waals surface area contributed by atoms with E-state index in [1.54, 1.807) is 0 Å². The first-order valence-corrected chi connectivity index (χ1v) is 44.1. The first-order valence-electron chi connectivity index (χ1n) is 44.1. The molecule has 0 amide bonds. The van der Waals surface area contributed by atoms with Crippen LogP contribution in [0.4, 0.5) is 0 Å². The maximum absolute atomic E-state index is 5.55. The quantitative estimate of drug-likeness (QED) is 0.0967. The van der Waals surface area contributed by atoms with Crippen LogP contribution in [0.3, 0.4) is 0 Å². The molecule has 0 aliphatic heterocycles. The van der Waals surface area contributed by atoms with E-state index in [0.29, 0.717) is 11.6 Å². The van der Waals surface area contributed by atoms with E-state index in [1.807, 2.05) is 6.07 Å². The van der Waals surface area contributed by atoms with Crippen molar-refractivity contribution in [2.24, 2.45) is 0 Å². The molecule has 596 valence electrons. The lowest BCUT2D eigenvalue weighted by molar-refractivity contribution is 0.769. The number of rotatable bonds is 16. The Kier molecular flexibility index (Phi) is 18.4. The molecule has 128 heavy (non-hydrogen) atoms. The van der Waals surface area contributed by atoms with Crippen molar-refractivity contribution in [1.82, 2.24) is 19.9 Å². The minimum absolute atomic E-state index is 0.608. The van der Waals surface area contributed by atoms with Crippen LogP contribution in [0, 0.1) is 0 Å². The highest BCUT2D eigenvalue weighted by molar-refractivity contribution is 6.10. The van der Waals surface area contributed by atoms with Gasteiger partial charge in [-0.1, -0.05) is 455 Å². The summed E-state index contributed by atoms with van der Waals surface area (Å²) in [4.78, 5) is 21.9. The molecule has 0 saturated carbocycles. The van der Waals surface area contributed by atoms with Crippen molar-refractivity contribution in [2.45, 2.75) is 10.8 Å². The maximum Gasteiger partial charge on any atom is 0.160 e. The fourth-order valence-electron chi connectivity index (χ4n) is 21.1. The van der Waals surface area contributed by atoms with Gasteiger partial charge >= 0.3 is 0 Å². The van der Waals surface area contributed by atoms with Crippen LogP contribution in [-0.2, 0) is 10.8 Å². The molecule has 4 nitrogen and oxygen atoms in total. The summed E-state index contributed by atoms with van der Waals surface area (Å²) in [5.41, 5.74) is 36.7. The molecular weight excluding hydrogens is 1550 g/mol. The van der Waals surface area contributed by atoms with Gasteiger partial charge in [0.2, 0.25) is 0 Å². The topological polar surface area (TPSA) is 51.6 Å². The Hall–Kier alpha value is -16.7. The normalized spacial score (nSPS) is 12.7. The highest BCUT2D eigenvalue weighted by atomic mass is 14.9. The molecule has 2 aliphatic carbocycles. The van der Waals surface area contributed by atoms with Gasteiger partial charge in [-0.2, -0.15) is 0 Å². The van der Waals surface area contributed by atoms with Crippen LogP contribution >= 0.6 is 0 Å². The molecule has 24 rings (SSSR count). The Bertz CT molecular complexity index is 8000. The number of benzene rings is 20. The highest BCUT2D eigenvalue weighted by Gasteiger charge is 2.49. The van der Waals surface area contributed by atoms with E-state index in [-0.39, 0.29) is 0 Å². The second-order valence-corrected chi connectivity index (χ2v) is 33.6. The predicted molar refractivity (Wildman–Crippen MR) is 530 cm³/mol. The lowest BCUT2D eigenvalue weighted by atomic mass is 9.67. The van der Waals surface area contributed by atoms with Crippen molar-refractivity contribution in [3.8, 4) is 157 Å². The van der Waals surface area contributed by atoms with E-state index in [1.165, 1.54) is 83.5 Å². The lowest BCUT2D eigenvalue weighted by Crippen LogP contribution is -2.28. The number of nitrogens with zero attached hydrogens (tertiary/aromatic N) is 4. The lowest BCUT2D eigenvalue weighted by Gasteiger charge is -2.34. The molecule has 0 fully saturated rings. The first kappa shape index (κ1) is 75.1. The fraction of sp³-hybridized carbons (Fsp3) is 0.0161. The van der Waals surface area contributed by atoms with Gasteiger partial charge in [0.25, 0.3) is 0 Å². The summed E-state index contributed by atoms with van der Waals surface area (Å²) in [6.07, 6.45) is 0. The highest BCUT2D eigenvalue weighted by Crippen LogP contribution is 2.62. The molecule has 20 aromatic carbocycles. The van der Waals surface area contributed by atoms with Crippen molar-refractivity contribution >= 4 is 32.3 Å². The first-order chi connectivity index (χ1) is 63.5. The van der Waals surface area contributed by atoms with Gasteiger partial charge < -0.3 is 0 Å². The van der Waals surface area contributed by atoms with Crippen LogP contribution in [-0.4, -0.2) is 19.9 Å². The van der Waals surface area contributed by atoms with Crippen LogP contribution in [0.15, 0.2) is 485 Å². The summed E-state index contributed by atoms with van der Waals surface area (Å²) in [6, 6.07) is 178. The largest absolute Gasteiger partial charge is 0.228 e. The third kappa shape index (κ3) is 12.4. The number of hydrogen-bond acceptors (Lipinski definition) is 4. The molecule has 0 saturated heterocycles. The molecule has 4 heteroatoms. The molecule has 0 bridgehead atoms. The van der Waals surface area contributed by atoms with Crippen LogP contribution in [0.25, 0.3) is 189 Å². The van der Waals surface area contributed by atoms with Gasteiger partial charge in [0.05, 0.1) is 33.6 Å². The van der Waals surface area contributed by atoms with Crippen LogP contribution < -0.4 is 0 Å². The van der Waals surface area contributed by atoms with Crippen LogP contribution in [0.1, 0.15) is 44.5 Å². The number of aromatic nitrogens is 4. The van der Waals surface area contributed by atoms with E-state index in [4.69, 9.17) is 19.9 Å². The van der Waals surface area contributed by atoms with Crippen molar-refractivity contribution in [3.63, 3.8) is 0 Å². The molecule has 0 atom stereocenters. The molecule has 2 heterocycles. The Morgan fingerprint density at radius 3 is 0.875 bits per heavy atom. The monoisotopic (exact) mass is 1620 g/mol. The Balaban J connectivity index is 0.619. The van der Waals surface area contributed by atoms with Crippen LogP contribution in [0.2, 0.25) is 0 Å². The third-order valence-corrected chi connectivity index (χ3v) is 26.7. The molecule has 2 aromatic heterocycles. The second-order valence-electron chi connectivity index (χ2n) is 33.6. The Morgan fingerprint density at radius 2 is 0.430 bits per heavy atom. The van der Waals surface area contributed by atoms with E-state index < -0.39 is 10.8 Å². The zero-order chi connectivity index (χ0) is 84.6. The average molecular weight is 1630 g/mol. The zero-order valence-corrected chi connectivity index (χ0v) is 70.0. The molecule has 0 unspecified atom stereocenters. The van der Waals surface area contributed by atoms with Crippen molar-refractivity contribution in [3.05, 3.63) is 530 Å². The van der Waals surface area contributed by atoms with Gasteiger partial charge in [0, 0.05) is 33.4 Å². The van der Waals surface area contributed by atoms with Gasteiger partial charge in [-0.25, -0.2) is 19.9 Å². The number of hydrogen-bond donors (Lipinski definition) is 0. The molecular formula is C124H80N4. The van der Waals surface area contributed by atoms with Crippen molar-refractivity contribution < 1.29 is 0 Å². The third-order valence-electron chi connectivity index (χ3n) is 26.7. The Morgan fingerprint density at radius 1 is 0.141 bits per heavy atom. The van der Waals surface area contributed by atoms with Crippen molar-refractivity contribution in [1.29, 1.82) is 0 Å². The molecule has 0 radical (unpaired) electrons. The van der Waals surface area contributed by atoms with E-state index in [0.717, 1.165) is 139 Å². The summed E-state index contributed by atoms with van der Waals surface area (Å²) in [7, 11) is 0. The molecule has 0 N–H and O–H groups in total. The second kappa shape index (κ2) is 31.3. The van der Waals surface area contributed by atoms with Crippen molar-refractivity contribution in [2.75, 3.05) is 0 Å². The van der Waals surface area contributed by atoms with E-state index in [2.05, 4.69) is 479 Å². The van der Waals surface area contributed by atoms with Gasteiger partial charge in [0.1, 0.15) is 0 Å². The summed E-state index contributed by atoms with van der Waals surface area (Å²) < 4.78 is 0. The zero-order valence-electron chi connectivity index (χ0n) is 70.0. The Labute approximate surface area is 744 Å². The van der Waals surface area contributed by atoms with Gasteiger partial charge in [-0.05, 0) is 196 Å². The summed E-state index contributed by atoms with van der Waals surface area (Å²) in [5.74, 6) is 1.33. The van der Waals surface area contributed by atoms with E-state index >= 15 is 0 Å². The summed E-state index contributed by atoms with van der Waals surface area (Å²) >= 11 is 0. The predicted octanol–water partition coefficient (Wildman–Crippen LogP) is 31.5. The van der Waals surface area contributed by atoms with E-state index in [9.17, 15) is 0 Å². The summed E-state index contributed by atoms with van der Waals surface area (Å²) in [6.45, 7) is 0. The maximum atomic E-state index is 5.55. The minimum atomic E-state index is -0.714. The molecule has 0 spiro atoms. The van der Waals surface area contributed by atoms with Gasteiger partial charge in [-0.15, -0.1) is 0 Å². The van der Waals surface area contributed by atoms with Crippen LogP contribution in [0.5, 0.6) is 0 Å². The minimum Gasteiger partial charge on any atom is -0.228 e. The average Bonchev–Trinajstić information content (AvgIpc) is 1.53. The SMILES string of the molecule is c1ccc(-c2nc(-c3ccccc3-c3ccccc3)cc(-c3ccc(-c4ccc5c(c4)C(c4ccccc4)(c4ccccc4)c4cccc(-c6ccccc6-c6ccc7c(-c8cc(-c9ccc(-c%10ccc%11c(c%10)C(c%10ccccc%10)(c%10ccccc%10)c%10cccc(-c%12ccccc%12)c%10-%11)c%10ccccc9%10)nc(-c9ccccc9)n8)cccc7c6)c4-5)c4ccccc34)n2)cc1. The molecule has 2 aliphatic rings. The molecule has 22 aromatic rings. The summed E-state index contributed by atoms with van der Waals surface area (Å²) in [5, 5.41) is 6.69. The standard InChI is InChI=1S/C124H80N4/c1-9-36-81(37-10-1)93-53-26-32-60-104(93)115-79-117(127-121(125-115)83-40-13-3-14-41-83)106-74-73-96(100-56-29-30-58-102(100)106)88-68-71-110-114(78-88)124(91-49-21-7-22-50-91,92-51-23-8-24-52-92)112-65-35-63-108(120(110)112)101-57-27-25-54-94(101)86-66-69-97-85(76-86)44-33-62-105(97)116-80-118(128-122(126-116)84-42-15-4-16-43-84)107-75-72-95(99-55-28-31-59-103(99)107)87-67-70-109-113(77-87)123(89-45-17-5-18-46-89,90-47-19-6-20-48-90)111-64-34-61-98(119(109)111)82-38-11-2-12-39-82/h1-80H. The fourth-order valence-corrected chi connectivity index (χ4v) is 21.1. The smallest absolute Gasteiger partial charge is 0.160 e. The van der Waals surface area contributed by atoms with Gasteiger partial charge in [-0.3, -0.25) is 0 Å².